The first-order valence-electron chi connectivity index (χ1n) is 7.25. The number of azide groups is 1. The van der Waals surface area contributed by atoms with Gasteiger partial charge < -0.3 is 9.84 Å². The fraction of sp³-hybridized carbons (Fsp3) is 0.353. The molecule has 0 saturated heterocycles. The van der Waals surface area contributed by atoms with Crippen molar-refractivity contribution in [1.82, 2.24) is 0 Å². The molecule has 6 heteroatoms. The molecule has 0 fully saturated rings. The van der Waals surface area contributed by atoms with Gasteiger partial charge in [0.25, 0.3) is 0 Å². The van der Waals surface area contributed by atoms with E-state index in [0.29, 0.717) is 5.56 Å². The van der Waals surface area contributed by atoms with Crippen LogP contribution in [0.2, 0.25) is 0 Å². The monoisotopic (exact) mass is 313 g/mol. The van der Waals surface area contributed by atoms with Crippen LogP contribution in [0.3, 0.4) is 0 Å². The molecule has 23 heavy (non-hydrogen) atoms. The highest BCUT2D eigenvalue weighted by Crippen LogP contribution is 2.25. The van der Waals surface area contributed by atoms with E-state index in [1.807, 2.05) is 30.3 Å². The van der Waals surface area contributed by atoms with E-state index < -0.39 is 23.7 Å². The number of ether oxygens (including phenoxy) is 1. The van der Waals surface area contributed by atoms with Gasteiger partial charge in [-0.15, -0.1) is 0 Å². The van der Waals surface area contributed by atoms with Crippen LogP contribution in [-0.2, 0) is 9.53 Å². The molecule has 120 valence electrons. The molecule has 2 aromatic rings. The SMILES string of the molecule is CC(C)(C)OC(=O)[C@H](N=[N+]=[N-])[C@H](O)c1ccc2ccccc2c1. The summed E-state index contributed by atoms with van der Waals surface area (Å²) in [6, 6.07) is 11.6. The number of nitrogens with zero attached hydrogens (tertiary/aromatic N) is 3. The van der Waals surface area contributed by atoms with Crippen LogP contribution in [0.15, 0.2) is 47.6 Å². The van der Waals surface area contributed by atoms with Gasteiger partial charge in [-0.05, 0) is 48.7 Å². The molecule has 0 saturated carbocycles. The van der Waals surface area contributed by atoms with Gasteiger partial charge in [-0.25, -0.2) is 0 Å². The Morgan fingerprint density at radius 1 is 1.22 bits per heavy atom. The summed E-state index contributed by atoms with van der Waals surface area (Å²) in [6.45, 7) is 5.13. The minimum Gasteiger partial charge on any atom is -0.460 e. The van der Waals surface area contributed by atoms with Gasteiger partial charge in [0, 0.05) is 4.91 Å². The second kappa shape index (κ2) is 6.69. The highest BCUT2D eigenvalue weighted by Gasteiger charge is 2.31. The van der Waals surface area contributed by atoms with E-state index in [4.69, 9.17) is 10.3 Å². The minimum absolute atomic E-state index is 0.493. The second-order valence-electron chi connectivity index (χ2n) is 6.23. The normalized spacial score (nSPS) is 13.9. The van der Waals surface area contributed by atoms with E-state index in [0.717, 1.165) is 10.8 Å². The number of benzene rings is 2. The van der Waals surface area contributed by atoms with Crippen molar-refractivity contribution in [3.8, 4) is 0 Å². The van der Waals surface area contributed by atoms with Crippen LogP contribution in [0.25, 0.3) is 21.2 Å². The summed E-state index contributed by atoms with van der Waals surface area (Å²) in [5.74, 6) is -0.754. The van der Waals surface area contributed by atoms with Crippen LogP contribution >= 0.6 is 0 Å². The van der Waals surface area contributed by atoms with Crippen molar-refractivity contribution >= 4 is 16.7 Å². The first-order chi connectivity index (χ1) is 10.8. The molecule has 0 aliphatic rings. The number of aliphatic hydroxyl groups is 1. The molecule has 0 spiro atoms. The van der Waals surface area contributed by atoms with Crippen molar-refractivity contribution in [3.63, 3.8) is 0 Å². The summed E-state index contributed by atoms with van der Waals surface area (Å²) in [6.07, 6.45) is -1.27. The number of carbonyl (C=O) groups excluding carboxylic acids is 1. The number of rotatable bonds is 4. The Morgan fingerprint density at radius 3 is 2.48 bits per heavy atom. The topological polar surface area (TPSA) is 95.3 Å². The number of fused-ring (bicyclic) bond motifs is 1. The summed E-state index contributed by atoms with van der Waals surface area (Å²) < 4.78 is 5.22. The molecule has 6 nitrogen and oxygen atoms in total. The Hall–Kier alpha value is -2.56. The van der Waals surface area contributed by atoms with E-state index >= 15 is 0 Å². The molecule has 0 heterocycles. The highest BCUT2D eigenvalue weighted by atomic mass is 16.6. The predicted octanol–water partition coefficient (Wildman–Crippen LogP) is 3.89. The fourth-order valence-electron chi connectivity index (χ4n) is 2.23. The maximum Gasteiger partial charge on any atom is 0.318 e. The van der Waals surface area contributed by atoms with E-state index in [-0.39, 0.29) is 0 Å². The Morgan fingerprint density at radius 2 is 1.87 bits per heavy atom. The first-order valence-corrected chi connectivity index (χ1v) is 7.25. The Bertz CT molecular complexity index is 761. The fourth-order valence-corrected chi connectivity index (χ4v) is 2.23. The maximum atomic E-state index is 12.2. The van der Waals surface area contributed by atoms with Crippen molar-refractivity contribution in [2.45, 2.75) is 38.5 Å². The van der Waals surface area contributed by atoms with Crippen molar-refractivity contribution in [2.24, 2.45) is 5.11 Å². The molecule has 0 aliphatic heterocycles. The lowest BCUT2D eigenvalue weighted by Gasteiger charge is -2.24. The van der Waals surface area contributed by atoms with E-state index in [9.17, 15) is 9.90 Å². The quantitative estimate of drug-likeness (QED) is 0.401. The van der Waals surface area contributed by atoms with Gasteiger partial charge in [0.1, 0.15) is 5.60 Å². The lowest BCUT2D eigenvalue weighted by atomic mass is 9.99. The molecular formula is C17H19N3O3. The minimum atomic E-state index is -1.33. The molecule has 0 aromatic heterocycles. The second-order valence-corrected chi connectivity index (χ2v) is 6.23. The van der Waals surface area contributed by atoms with E-state index in [1.165, 1.54) is 0 Å². The highest BCUT2D eigenvalue weighted by molar-refractivity contribution is 5.83. The van der Waals surface area contributed by atoms with Crippen LogP contribution in [0.5, 0.6) is 0 Å². The lowest BCUT2D eigenvalue weighted by Crippen LogP contribution is -2.34. The Labute approximate surface area is 134 Å². The van der Waals surface area contributed by atoms with Gasteiger partial charge in [0.2, 0.25) is 0 Å². The molecule has 2 atom stereocenters. The summed E-state index contributed by atoms with van der Waals surface area (Å²) >= 11 is 0. The third kappa shape index (κ3) is 4.22. The number of hydrogen-bond donors (Lipinski definition) is 1. The van der Waals surface area contributed by atoms with Crippen molar-refractivity contribution < 1.29 is 14.6 Å². The molecule has 0 radical (unpaired) electrons. The van der Waals surface area contributed by atoms with Gasteiger partial charge in [-0.1, -0.05) is 41.5 Å². The smallest absolute Gasteiger partial charge is 0.318 e. The number of carbonyl (C=O) groups is 1. The number of esters is 1. The van der Waals surface area contributed by atoms with Crippen molar-refractivity contribution in [1.29, 1.82) is 0 Å². The summed E-state index contributed by atoms with van der Waals surface area (Å²) in [5, 5.41) is 15.8. The molecular weight excluding hydrogens is 294 g/mol. The molecule has 0 aliphatic carbocycles. The third-order valence-corrected chi connectivity index (χ3v) is 3.24. The van der Waals surface area contributed by atoms with Gasteiger partial charge in [-0.2, -0.15) is 0 Å². The summed E-state index contributed by atoms with van der Waals surface area (Å²) in [7, 11) is 0. The van der Waals surface area contributed by atoms with Gasteiger partial charge >= 0.3 is 5.97 Å². The summed E-state index contributed by atoms with van der Waals surface area (Å²) in [4.78, 5) is 14.8. The predicted molar refractivity (Wildman–Crippen MR) is 87.7 cm³/mol. The molecule has 1 N–H and O–H groups in total. The molecule has 2 rings (SSSR count). The summed E-state index contributed by atoms with van der Waals surface area (Å²) in [5.41, 5.74) is 8.45. The number of hydrogen-bond acceptors (Lipinski definition) is 4. The van der Waals surface area contributed by atoms with Crippen LogP contribution in [0.4, 0.5) is 0 Å². The zero-order chi connectivity index (χ0) is 17.0. The lowest BCUT2D eigenvalue weighted by molar-refractivity contribution is -0.159. The van der Waals surface area contributed by atoms with Gasteiger partial charge in [0.05, 0.1) is 6.10 Å². The molecule has 0 bridgehead atoms. The van der Waals surface area contributed by atoms with E-state index in [2.05, 4.69) is 10.0 Å². The molecule has 0 amide bonds. The Kier molecular flexibility index (Phi) is 4.89. The first kappa shape index (κ1) is 16.8. The van der Waals surface area contributed by atoms with Crippen LogP contribution in [0.1, 0.15) is 32.4 Å². The van der Waals surface area contributed by atoms with Crippen LogP contribution in [0, 0.1) is 0 Å². The zero-order valence-electron chi connectivity index (χ0n) is 13.3. The standard InChI is InChI=1S/C17H19N3O3/c1-17(2,3)23-16(22)14(19-20-18)15(21)13-9-8-11-6-4-5-7-12(11)10-13/h4-10,14-15,21H,1-3H3/t14-,15-/m1/s1. The van der Waals surface area contributed by atoms with Crippen molar-refractivity contribution in [3.05, 3.63) is 58.5 Å². The van der Waals surface area contributed by atoms with Gasteiger partial charge in [0.15, 0.2) is 6.04 Å². The van der Waals surface area contributed by atoms with Crippen LogP contribution in [-0.4, -0.2) is 22.7 Å². The van der Waals surface area contributed by atoms with Crippen molar-refractivity contribution in [2.75, 3.05) is 0 Å². The third-order valence-electron chi connectivity index (χ3n) is 3.24. The van der Waals surface area contributed by atoms with E-state index in [1.54, 1.807) is 32.9 Å². The molecule has 0 unspecified atom stereocenters. The molecule has 2 aromatic carbocycles. The average Bonchev–Trinajstić information content (AvgIpc) is 2.49. The maximum absolute atomic E-state index is 12.2. The average molecular weight is 313 g/mol. The number of aliphatic hydroxyl groups excluding tert-OH is 1. The van der Waals surface area contributed by atoms with Crippen LogP contribution < -0.4 is 0 Å². The zero-order valence-corrected chi connectivity index (χ0v) is 13.3. The van der Waals surface area contributed by atoms with Gasteiger partial charge in [-0.3, -0.25) is 4.79 Å². The Balaban J connectivity index is 2.33. The largest absolute Gasteiger partial charge is 0.460 e.